The van der Waals surface area contributed by atoms with Gasteiger partial charge >= 0.3 is 5.97 Å². The van der Waals surface area contributed by atoms with Crippen molar-refractivity contribution in [2.24, 2.45) is 5.73 Å². The SMILES string of the molecule is CCOC(=O)CC(NC(=O)c1csc(CCN)n1)c1ccccc1C.Cl. The summed E-state index contributed by atoms with van der Waals surface area (Å²) in [7, 11) is 0. The number of aromatic nitrogens is 1. The molecule has 0 aliphatic carbocycles. The minimum Gasteiger partial charge on any atom is -0.466 e. The molecule has 142 valence electrons. The van der Waals surface area contributed by atoms with E-state index in [1.54, 1.807) is 12.3 Å². The van der Waals surface area contributed by atoms with Crippen molar-refractivity contribution in [3.8, 4) is 0 Å². The number of nitrogens with two attached hydrogens (primary N) is 1. The molecule has 0 aliphatic heterocycles. The molecule has 0 spiro atoms. The molecule has 0 fully saturated rings. The lowest BCUT2D eigenvalue weighted by molar-refractivity contribution is -0.143. The third-order valence-electron chi connectivity index (χ3n) is 3.69. The molecule has 26 heavy (non-hydrogen) atoms. The number of halogens is 1. The number of hydrogen-bond acceptors (Lipinski definition) is 6. The zero-order valence-electron chi connectivity index (χ0n) is 14.9. The number of aryl methyl sites for hydroxylation is 1. The second-order valence-corrected chi connectivity index (χ2v) is 6.50. The van der Waals surface area contributed by atoms with Crippen molar-refractivity contribution >= 4 is 35.6 Å². The Labute approximate surface area is 163 Å². The minimum atomic E-state index is -0.465. The summed E-state index contributed by atoms with van der Waals surface area (Å²) >= 11 is 1.41. The summed E-state index contributed by atoms with van der Waals surface area (Å²) in [4.78, 5) is 28.8. The van der Waals surface area contributed by atoms with Gasteiger partial charge in [0.15, 0.2) is 0 Å². The van der Waals surface area contributed by atoms with Crippen molar-refractivity contribution in [1.29, 1.82) is 0 Å². The molecule has 6 nitrogen and oxygen atoms in total. The van der Waals surface area contributed by atoms with Gasteiger partial charge in [-0.3, -0.25) is 9.59 Å². The van der Waals surface area contributed by atoms with Crippen molar-refractivity contribution < 1.29 is 14.3 Å². The summed E-state index contributed by atoms with van der Waals surface area (Å²) in [6.45, 7) is 4.50. The molecule has 1 heterocycles. The average molecular weight is 398 g/mol. The summed E-state index contributed by atoms with van der Waals surface area (Å²) in [5, 5.41) is 5.44. The van der Waals surface area contributed by atoms with Crippen LogP contribution in [0.3, 0.4) is 0 Å². The topological polar surface area (TPSA) is 94.3 Å². The second kappa shape index (κ2) is 10.9. The Morgan fingerprint density at radius 1 is 1.35 bits per heavy atom. The number of ether oxygens (including phenoxy) is 1. The van der Waals surface area contributed by atoms with Crippen LogP contribution in [0, 0.1) is 6.92 Å². The zero-order valence-corrected chi connectivity index (χ0v) is 16.5. The van der Waals surface area contributed by atoms with Crippen LogP contribution in [0.4, 0.5) is 0 Å². The molecular weight excluding hydrogens is 374 g/mol. The van der Waals surface area contributed by atoms with Gasteiger partial charge in [-0.2, -0.15) is 0 Å². The van der Waals surface area contributed by atoms with Crippen LogP contribution in [0.15, 0.2) is 29.6 Å². The van der Waals surface area contributed by atoms with Crippen molar-refractivity contribution in [3.63, 3.8) is 0 Å². The van der Waals surface area contributed by atoms with Crippen molar-refractivity contribution in [3.05, 3.63) is 51.5 Å². The summed E-state index contributed by atoms with van der Waals surface area (Å²) in [5.74, 6) is -0.657. The van der Waals surface area contributed by atoms with E-state index in [0.29, 0.717) is 25.3 Å². The molecule has 0 aliphatic rings. The standard InChI is InChI=1S/C18H23N3O3S.ClH/c1-3-24-17(22)10-14(13-7-5-4-6-12(13)2)21-18(23)15-11-25-16(20-15)8-9-19;/h4-7,11,14H,3,8-10,19H2,1-2H3,(H,21,23);1H. The molecular formula is C18H24ClN3O3S. The van der Waals surface area contributed by atoms with Gasteiger partial charge in [-0.1, -0.05) is 24.3 Å². The van der Waals surface area contributed by atoms with Crippen molar-refractivity contribution in [2.75, 3.05) is 13.2 Å². The van der Waals surface area contributed by atoms with Gasteiger partial charge in [0, 0.05) is 11.8 Å². The average Bonchev–Trinajstić information content (AvgIpc) is 3.04. The number of carbonyl (C=O) groups excluding carboxylic acids is 2. The van der Waals surface area contributed by atoms with Crippen LogP contribution in [0.5, 0.6) is 0 Å². The number of thiazole rings is 1. The van der Waals surface area contributed by atoms with E-state index in [1.165, 1.54) is 11.3 Å². The monoisotopic (exact) mass is 397 g/mol. The number of rotatable bonds is 8. The Kier molecular flexibility index (Phi) is 9.26. The van der Waals surface area contributed by atoms with Gasteiger partial charge in [-0.15, -0.1) is 23.7 Å². The lowest BCUT2D eigenvalue weighted by Gasteiger charge is -2.20. The first-order chi connectivity index (χ1) is 12.0. The predicted molar refractivity (Wildman–Crippen MR) is 105 cm³/mol. The van der Waals surface area contributed by atoms with Gasteiger partial charge in [-0.05, 0) is 31.5 Å². The quantitative estimate of drug-likeness (QED) is 0.668. The van der Waals surface area contributed by atoms with E-state index in [9.17, 15) is 9.59 Å². The van der Waals surface area contributed by atoms with E-state index in [0.717, 1.165) is 16.1 Å². The number of benzene rings is 1. The zero-order chi connectivity index (χ0) is 18.2. The number of amides is 1. The summed E-state index contributed by atoms with van der Waals surface area (Å²) in [6, 6.07) is 7.19. The maximum Gasteiger partial charge on any atom is 0.308 e. The molecule has 3 N–H and O–H groups in total. The Bertz CT molecular complexity index is 736. The van der Waals surface area contributed by atoms with Crippen LogP contribution in [0.1, 0.15) is 46.0 Å². The fourth-order valence-electron chi connectivity index (χ4n) is 2.49. The van der Waals surface area contributed by atoms with E-state index in [2.05, 4.69) is 10.3 Å². The molecule has 0 radical (unpaired) electrons. The summed E-state index contributed by atoms with van der Waals surface area (Å²) < 4.78 is 5.04. The molecule has 1 aromatic heterocycles. The van der Waals surface area contributed by atoms with Crippen LogP contribution >= 0.6 is 23.7 Å². The van der Waals surface area contributed by atoms with Crippen LogP contribution < -0.4 is 11.1 Å². The predicted octanol–water partition coefficient (Wildman–Crippen LogP) is 2.80. The van der Waals surface area contributed by atoms with Gasteiger partial charge in [0.1, 0.15) is 5.69 Å². The Hall–Kier alpha value is -1.96. The molecule has 1 atom stereocenters. The molecule has 1 aromatic carbocycles. The first kappa shape index (κ1) is 22.1. The third kappa shape index (κ3) is 6.09. The molecule has 8 heteroatoms. The fourth-order valence-corrected chi connectivity index (χ4v) is 3.28. The molecule has 0 bridgehead atoms. The largest absolute Gasteiger partial charge is 0.466 e. The van der Waals surface area contributed by atoms with E-state index in [4.69, 9.17) is 10.5 Å². The number of carbonyl (C=O) groups is 2. The van der Waals surface area contributed by atoms with E-state index < -0.39 is 6.04 Å². The summed E-state index contributed by atoms with van der Waals surface area (Å²) in [6.07, 6.45) is 0.715. The van der Waals surface area contributed by atoms with Gasteiger partial charge in [-0.25, -0.2) is 4.98 Å². The smallest absolute Gasteiger partial charge is 0.308 e. The van der Waals surface area contributed by atoms with Crippen LogP contribution in [0.2, 0.25) is 0 Å². The number of esters is 1. The second-order valence-electron chi connectivity index (χ2n) is 5.56. The molecule has 2 rings (SSSR count). The highest BCUT2D eigenvalue weighted by Gasteiger charge is 2.22. The Balaban J connectivity index is 0.00000338. The van der Waals surface area contributed by atoms with Gasteiger partial charge in [0.25, 0.3) is 5.91 Å². The van der Waals surface area contributed by atoms with E-state index >= 15 is 0 Å². The van der Waals surface area contributed by atoms with Crippen LogP contribution in [-0.4, -0.2) is 30.0 Å². The van der Waals surface area contributed by atoms with Gasteiger partial charge < -0.3 is 15.8 Å². The fraction of sp³-hybridized carbons (Fsp3) is 0.389. The maximum absolute atomic E-state index is 12.5. The molecule has 0 saturated heterocycles. The molecule has 0 saturated carbocycles. The third-order valence-corrected chi connectivity index (χ3v) is 4.60. The number of nitrogens with zero attached hydrogens (tertiary/aromatic N) is 1. The van der Waals surface area contributed by atoms with E-state index in [1.807, 2.05) is 31.2 Å². The van der Waals surface area contributed by atoms with Gasteiger partial charge in [0.2, 0.25) is 0 Å². The first-order valence-corrected chi connectivity index (χ1v) is 9.09. The molecule has 1 unspecified atom stereocenters. The number of nitrogens with one attached hydrogen (secondary N) is 1. The highest BCUT2D eigenvalue weighted by Crippen LogP contribution is 2.22. The first-order valence-electron chi connectivity index (χ1n) is 8.21. The lowest BCUT2D eigenvalue weighted by Crippen LogP contribution is -2.31. The van der Waals surface area contributed by atoms with E-state index in [-0.39, 0.29) is 30.7 Å². The molecule has 2 aromatic rings. The Morgan fingerprint density at radius 2 is 2.08 bits per heavy atom. The highest BCUT2D eigenvalue weighted by atomic mass is 35.5. The van der Waals surface area contributed by atoms with Crippen molar-refractivity contribution in [1.82, 2.24) is 10.3 Å². The van der Waals surface area contributed by atoms with Crippen LogP contribution in [0.25, 0.3) is 0 Å². The normalized spacial score (nSPS) is 11.3. The van der Waals surface area contributed by atoms with Crippen LogP contribution in [-0.2, 0) is 16.0 Å². The molecule has 1 amide bonds. The lowest BCUT2D eigenvalue weighted by atomic mass is 9.98. The minimum absolute atomic E-state index is 0. The highest BCUT2D eigenvalue weighted by molar-refractivity contribution is 7.09. The number of hydrogen-bond donors (Lipinski definition) is 2. The van der Waals surface area contributed by atoms with Gasteiger partial charge in [0.05, 0.1) is 24.1 Å². The summed E-state index contributed by atoms with van der Waals surface area (Å²) in [5.41, 5.74) is 7.75. The maximum atomic E-state index is 12.5. The van der Waals surface area contributed by atoms with Crippen molar-refractivity contribution in [2.45, 2.75) is 32.7 Å². The Morgan fingerprint density at radius 3 is 2.73 bits per heavy atom.